The molecule has 1 aliphatic heterocycles. The molecule has 1 fully saturated rings. The first-order valence-corrected chi connectivity index (χ1v) is 5.36. The van der Waals surface area contributed by atoms with Crippen molar-refractivity contribution in [2.24, 2.45) is 7.05 Å². The van der Waals surface area contributed by atoms with Crippen molar-refractivity contribution in [1.82, 2.24) is 20.0 Å². The van der Waals surface area contributed by atoms with Gasteiger partial charge < -0.3 is 15.3 Å². The Hall–Kier alpha value is -1.89. The van der Waals surface area contributed by atoms with Gasteiger partial charge in [-0.2, -0.15) is 5.10 Å². The van der Waals surface area contributed by atoms with Gasteiger partial charge in [0, 0.05) is 33.2 Å². The third kappa shape index (κ3) is 2.14. The van der Waals surface area contributed by atoms with Crippen LogP contribution in [-0.2, 0) is 7.05 Å². The number of carbonyl (C=O) groups is 2. The smallest absolute Gasteiger partial charge is 0.339 e. The Kier molecular flexibility index (Phi) is 3.10. The van der Waals surface area contributed by atoms with Crippen LogP contribution in [-0.4, -0.2) is 57.8 Å². The molecular weight excluding hydrogens is 224 g/mol. The van der Waals surface area contributed by atoms with Crippen molar-refractivity contribution in [2.45, 2.75) is 0 Å². The number of nitrogens with one attached hydrogen (secondary N) is 1. The predicted octanol–water partition coefficient (Wildman–Crippen LogP) is -0.836. The lowest BCUT2D eigenvalue weighted by Crippen LogP contribution is -2.47. The van der Waals surface area contributed by atoms with E-state index >= 15 is 0 Å². The molecular formula is C10H14N4O3. The van der Waals surface area contributed by atoms with Gasteiger partial charge in [-0.15, -0.1) is 0 Å². The molecule has 0 atom stereocenters. The van der Waals surface area contributed by atoms with E-state index in [1.165, 1.54) is 10.9 Å². The Morgan fingerprint density at radius 2 is 2.06 bits per heavy atom. The highest BCUT2D eigenvalue weighted by Gasteiger charge is 2.26. The van der Waals surface area contributed by atoms with Gasteiger partial charge in [-0.1, -0.05) is 0 Å². The van der Waals surface area contributed by atoms with Crippen molar-refractivity contribution in [2.75, 3.05) is 26.2 Å². The summed E-state index contributed by atoms with van der Waals surface area (Å²) >= 11 is 0. The molecule has 1 amide bonds. The van der Waals surface area contributed by atoms with Crippen LogP contribution in [0.3, 0.4) is 0 Å². The fourth-order valence-electron chi connectivity index (χ4n) is 1.87. The number of piperazine rings is 1. The summed E-state index contributed by atoms with van der Waals surface area (Å²) in [4.78, 5) is 24.8. The fourth-order valence-corrected chi connectivity index (χ4v) is 1.87. The van der Waals surface area contributed by atoms with Crippen molar-refractivity contribution in [3.8, 4) is 0 Å². The van der Waals surface area contributed by atoms with Crippen LogP contribution >= 0.6 is 0 Å². The summed E-state index contributed by atoms with van der Waals surface area (Å²) in [5, 5.41) is 16.0. The lowest BCUT2D eigenvalue weighted by Gasteiger charge is -2.27. The molecule has 0 spiro atoms. The van der Waals surface area contributed by atoms with E-state index < -0.39 is 5.97 Å². The molecule has 0 unspecified atom stereocenters. The number of aromatic carboxylic acids is 1. The Balaban J connectivity index is 2.29. The van der Waals surface area contributed by atoms with Crippen LogP contribution in [0, 0.1) is 0 Å². The highest BCUT2D eigenvalue weighted by molar-refractivity contribution is 6.03. The van der Waals surface area contributed by atoms with E-state index in [9.17, 15) is 9.59 Å². The van der Waals surface area contributed by atoms with Crippen LogP contribution in [0.4, 0.5) is 0 Å². The van der Waals surface area contributed by atoms with E-state index in [0.717, 1.165) is 13.1 Å². The largest absolute Gasteiger partial charge is 0.478 e. The molecule has 0 aromatic carbocycles. The summed E-state index contributed by atoms with van der Waals surface area (Å²) in [6, 6.07) is 0. The number of aryl methyl sites for hydroxylation is 1. The first kappa shape index (κ1) is 11.6. The van der Waals surface area contributed by atoms with E-state index in [1.54, 1.807) is 11.9 Å². The second-order valence-electron chi connectivity index (χ2n) is 3.88. The molecule has 1 aromatic heterocycles. The quantitative estimate of drug-likeness (QED) is 0.701. The second kappa shape index (κ2) is 4.54. The maximum Gasteiger partial charge on any atom is 0.339 e. The molecule has 2 heterocycles. The topological polar surface area (TPSA) is 87.5 Å². The zero-order chi connectivity index (χ0) is 12.4. The molecule has 0 radical (unpaired) electrons. The van der Waals surface area contributed by atoms with Gasteiger partial charge in [0.2, 0.25) is 0 Å². The Morgan fingerprint density at radius 1 is 1.41 bits per heavy atom. The number of carbonyl (C=O) groups excluding carboxylic acids is 1. The van der Waals surface area contributed by atoms with E-state index in [-0.39, 0.29) is 17.2 Å². The zero-order valence-corrected chi connectivity index (χ0v) is 9.51. The monoisotopic (exact) mass is 238 g/mol. The van der Waals surface area contributed by atoms with Crippen molar-refractivity contribution in [1.29, 1.82) is 0 Å². The number of nitrogens with zero attached hydrogens (tertiary/aromatic N) is 3. The molecule has 0 saturated carbocycles. The molecule has 7 heteroatoms. The number of aromatic nitrogens is 2. The third-order valence-corrected chi connectivity index (χ3v) is 2.78. The molecule has 2 N–H and O–H groups in total. The SMILES string of the molecule is Cn1ncc(C(=O)O)c1C(=O)N1CCNCC1. The molecule has 1 aliphatic rings. The van der Waals surface area contributed by atoms with Crippen LogP contribution in [0.1, 0.15) is 20.8 Å². The van der Waals surface area contributed by atoms with Crippen LogP contribution in [0.25, 0.3) is 0 Å². The summed E-state index contributed by atoms with van der Waals surface area (Å²) in [5.74, 6) is -1.40. The van der Waals surface area contributed by atoms with Gasteiger partial charge in [0.05, 0.1) is 6.20 Å². The standard InChI is InChI=1S/C10H14N4O3/c1-13-8(7(6-12-13)10(16)17)9(15)14-4-2-11-3-5-14/h6,11H,2-5H2,1H3,(H,16,17). The summed E-state index contributed by atoms with van der Waals surface area (Å²) in [6.07, 6.45) is 1.21. The number of amides is 1. The van der Waals surface area contributed by atoms with Crippen LogP contribution in [0.5, 0.6) is 0 Å². The van der Waals surface area contributed by atoms with Crippen LogP contribution in [0.2, 0.25) is 0 Å². The minimum absolute atomic E-state index is 0.0453. The van der Waals surface area contributed by atoms with Gasteiger partial charge in [-0.3, -0.25) is 9.48 Å². The Labute approximate surface area is 98.0 Å². The van der Waals surface area contributed by atoms with E-state index in [2.05, 4.69) is 10.4 Å². The summed E-state index contributed by atoms with van der Waals surface area (Å²) in [6.45, 7) is 2.63. The molecule has 2 rings (SSSR count). The van der Waals surface area contributed by atoms with E-state index in [4.69, 9.17) is 5.11 Å². The number of carboxylic acid groups (broad SMARTS) is 1. The minimum atomic E-state index is -1.13. The van der Waals surface area contributed by atoms with Crippen molar-refractivity contribution in [3.63, 3.8) is 0 Å². The summed E-state index contributed by atoms with van der Waals surface area (Å²) in [7, 11) is 1.57. The van der Waals surface area contributed by atoms with Gasteiger partial charge in [0.25, 0.3) is 5.91 Å². The summed E-state index contributed by atoms with van der Waals surface area (Å²) in [5.41, 5.74) is 0.0930. The molecule has 1 saturated heterocycles. The molecule has 1 aromatic rings. The number of rotatable bonds is 2. The second-order valence-corrected chi connectivity index (χ2v) is 3.88. The predicted molar refractivity (Wildman–Crippen MR) is 58.9 cm³/mol. The molecule has 0 aliphatic carbocycles. The third-order valence-electron chi connectivity index (χ3n) is 2.78. The Morgan fingerprint density at radius 3 is 2.65 bits per heavy atom. The van der Waals surface area contributed by atoms with Crippen molar-refractivity contribution in [3.05, 3.63) is 17.5 Å². The van der Waals surface area contributed by atoms with Gasteiger partial charge in [-0.25, -0.2) is 4.79 Å². The maximum absolute atomic E-state index is 12.2. The molecule has 92 valence electrons. The van der Waals surface area contributed by atoms with E-state index in [0.29, 0.717) is 13.1 Å². The van der Waals surface area contributed by atoms with Gasteiger partial charge in [-0.05, 0) is 0 Å². The Bertz CT molecular complexity index is 448. The number of hydrogen-bond acceptors (Lipinski definition) is 4. The van der Waals surface area contributed by atoms with E-state index in [1.807, 2.05) is 0 Å². The van der Waals surface area contributed by atoms with Gasteiger partial charge >= 0.3 is 5.97 Å². The highest BCUT2D eigenvalue weighted by Crippen LogP contribution is 2.11. The van der Waals surface area contributed by atoms with Gasteiger partial charge in [0.1, 0.15) is 11.3 Å². The lowest BCUT2D eigenvalue weighted by molar-refractivity contribution is 0.0665. The first-order valence-electron chi connectivity index (χ1n) is 5.36. The average molecular weight is 238 g/mol. The highest BCUT2D eigenvalue weighted by atomic mass is 16.4. The molecule has 0 bridgehead atoms. The average Bonchev–Trinajstić information content (AvgIpc) is 2.71. The molecule has 7 nitrogen and oxygen atoms in total. The fraction of sp³-hybridized carbons (Fsp3) is 0.500. The van der Waals surface area contributed by atoms with Crippen LogP contribution in [0.15, 0.2) is 6.20 Å². The van der Waals surface area contributed by atoms with Gasteiger partial charge in [0.15, 0.2) is 0 Å². The number of hydrogen-bond donors (Lipinski definition) is 2. The van der Waals surface area contributed by atoms with Crippen molar-refractivity contribution < 1.29 is 14.7 Å². The zero-order valence-electron chi connectivity index (χ0n) is 9.51. The molecule has 17 heavy (non-hydrogen) atoms. The normalized spacial score (nSPS) is 15.9. The lowest BCUT2D eigenvalue weighted by atomic mass is 10.2. The minimum Gasteiger partial charge on any atom is -0.478 e. The first-order chi connectivity index (χ1) is 8.11. The summed E-state index contributed by atoms with van der Waals surface area (Å²) < 4.78 is 1.31. The maximum atomic E-state index is 12.2. The number of carboxylic acids is 1. The van der Waals surface area contributed by atoms with Crippen molar-refractivity contribution >= 4 is 11.9 Å². The van der Waals surface area contributed by atoms with Crippen LogP contribution < -0.4 is 5.32 Å².